The van der Waals surface area contributed by atoms with E-state index in [9.17, 15) is 19.5 Å². The summed E-state index contributed by atoms with van der Waals surface area (Å²) in [4.78, 5) is 47.5. The van der Waals surface area contributed by atoms with E-state index < -0.39 is 17.8 Å². The predicted octanol–water partition coefficient (Wildman–Crippen LogP) is 5.30. The fourth-order valence-corrected chi connectivity index (χ4v) is 4.21. The minimum Gasteiger partial charge on any atom is -0.463 e. The first-order valence-corrected chi connectivity index (χ1v) is 13.0. The van der Waals surface area contributed by atoms with Gasteiger partial charge in [0, 0.05) is 29.6 Å². The van der Waals surface area contributed by atoms with E-state index >= 15 is 0 Å². The molecule has 1 aliphatic carbocycles. The summed E-state index contributed by atoms with van der Waals surface area (Å²) < 4.78 is 6.55. The molecule has 4 aromatic rings. The van der Waals surface area contributed by atoms with E-state index in [0.29, 0.717) is 41.3 Å². The van der Waals surface area contributed by atoms with Crippen LogP contribution in [-0.2, 0) is 16.0 Å². The van der Waals surface area contributed by atoms with Crippen LogP contribution in [0.1, 0.15) is 45.6 Å². The maximum atomic E-state index is 13.4. The summed E-state index contributed by atoms with van der Waals surface area (Å²) in [5.74, 6) is 0.721. The molecule has 0 unspecified atom stereocenters. The zero-order valence-corrected chi connectivity index (χ0v) is 22.5. The molecule has 0 aliphatic heterocycles. The Kier molecular flexibility index (Phi) is 7.20. The minimum atomic E-state index is -1.21. The van der Waals surface area contributed by atoms with E-state index in [4.69, 9.17) is 4.74 Å². The number of carboxylic acid groups (broad SMARTS) is 1. The molecular weight excluding hydrogens is 512 g/mol. The SMILES string of the molecule is CC(C)(C)OC(=O)N(c1ccc2c(cnn2C(=O)O)c1)c1ccnc(-c2cccc(CCC(=O)NC3CC3)c2)n1. The molecule has 1 fully saturated rings. The van der Waals surface area contributed by atoms with Crippen LogP contribution in [-0.4, -0.2) is 54.6 Å². The van der Waals surface area contributed by atoms with Crippen LogP contribution in [0.3, 0.4) is 0 Å². The quantitative estimate of drug-likeness (QED) is 0.321. The maximum absolute atomic E-state index is 13.4. The highest BCUT2D eigenvalue weighted by Gasteiger charge is 2.27. The van der Waals surface area contributed by atoms with Gasteiger partial charge in [0.15, 0.2) is 5.82 Å². The van der Waals surface area contributed by atoms with Crippen molar-refractivity contribution in [2.45, 2.75) is 58.1 Å². The van der Waals surface area contributed by atoms with E-state index in [0.717, 1.165) is 28.7 Å². The number of benzene rings is 2. The first-order valence-electron chi connectivity index (χ1n) is 13.0. The van der Waals surface area contributed by atoms with Gasteiger partial charge in [-0.15, -0.1) is 0 Å². The van der Waals surface area contributed by atoms with Gasteiger partial charge in [-0.3, -0.25) is 4.79 Å². The summed E-state index contributed by atoms with van der Waals surface area (Å²) >= 11 is 0. The second-order valence-electron chi connectivity index (χ2n) is 10.7. The monoisotopic (exact) mass is 542 g/mol. The van der Waals surface area contributed by atoms with E-state index in [1.807, 2.05) is 24.3 Å². The summed E-state index contributed by atoms with van der Waals surface area (Å²) in [5.41, 5.74) is 1.74. The molecule has 0 radical (unpaired) electrons. The Morgan fingerprint density at radius 1 is 1.12 bits per heavy atom. The van der Waals surface area contributed by atoms with Gasteiger partial charge in [-0.1, -0.05) is 18.2 Å². The summed E-state index contributed by atoms with van der Waals surface area (Å²) in [5, 5.41) is 16.8. The number of nitrogens with zero attached hydrogens (tertiary/aromatic N) is 5. The number of hydrogen-bond acceptors (Lipinski definition) is 7. The van der Waals surface area contributed by atoms with Crippen molar-refractivity contribution >= 4 is 40.5 Å². The van der Waals surface area contributed by atoms with Gasteiger partial charge in [-0.05, 0) is 75.9 Å². The van der Waals surface area contributed by atoms with Gasteiger partial charge in [0.25, 0.3) is 0 Å². The van der Waals surface area contributed by atoms with Crippen molar-refractivity contribution in [2.24, 2.45) is 0 Å². The second-order valence-corrected chi connectivity index (χ2v) is 10.7. The number of anilines is 2. The summed E-state index contributed by atoms with van der Waals surface area (Å²) in [7, 11) is 0. The number of carbonyl (C=O) groups excluding carboxylic acids is 2. The molecule has 206 valence electrons. The van der Waals surface area contributed by atoms with Crippen molar-refractivity contribution in [1.29, 1.82) is 0 Å². The topological polar surface area (TPSA) is 140 Å². The first kappa shape index (κ1) is 26.8. The Hall–Kier alpha value is -4.80. The molecule has 5 rings (SSSR count). The van der Waals surface area contributed by atoms with Gasteiger partial charge in [-0.25, -0.2) is 24.5 Å². The van der Waals surface area contributed by atoms with E-state index in [-0.39, 0.29) is 11.7 Å². The summed E-state index contributed by atoms with van der Waals surface area (Å²) in [6, 6.07) is 14.4. The van der Waals surface area contributed by atoms with Crippen molar-refractivity contribution in [3.05, 3.63) is 66.5 Å². The highest BCUT2D eigenvalue weighted by Crippen LogP contribution is 2.31. The number of amides is 2. The fourth-order valence-electron chi connectivity index (χ4n) is 4.21. The number of fused-ring (bicyclic) bond motifs is 1. The summed E-state index contributed by atoms with van der Waals surface area (Å²) in [6.45, 7) is 5.31. The minimum absolute atomic E-state index is 0.0463. The zero-order chi connectivity index (χ0) is 28.4. The van der Waals surface area contributed by atoms with Crippen molar-refractivity contribution in [3.63, 3.8) is 0 Å². The third-order valence-electron chi connectivity index (χ3n) is 6.21. The van der Waals surface area contributed by atoms with Crippen molar-refractivity contribution in [2.75, 3.05) is 4.90 Å². The van der Waals surface area contributed by atoms with Gasteiger partial charge in [-0.2, -0.15) is 9.78 Å². The van der Waals surface area contributed by atoms with Crippen LogP contribution in [0.4, 0.5) is 21.1 Å². The highest BCUT2D eigenvalue weighted by molar-refractivity contribution is 5.98. The molecule has 0 saturated heterocycles. The van der Waals surface area contributed by atoms with E-state index in [1.54, 1.807) is 51.2 Å². The molecule has 0 atom stereocenters. The molecule has 0 bridgehead atoms. The van der Waals surface area contributed by atoms with Gasteiger partial charge in [0.1, 0.15) is 11.4 Å². The van der Waals surface area contributed by atoms with Crippen LogP contribution in [0.25, 0.3) is 22.3 Å². The fraction of sp³-hybridized carbons (Fsp3) is 0.310. The van der Waals surface area contributed by atoms with E-state index in [1.165, 1.54) is 11.1 Å². The third kappa shape index (κ3) is 6.25. The summed E-state index contributed by atoms with van der Waals surface area (Å²) in [6.07, 6.45) is 4.20. The van der Waals surface area contributed by atoms with Crippen molar-refractivity contribution in [1.82, 2.24) is 25.1 Å². The van der Waals surface area contributed by atoms with E-state index in [2.05, 4.69) is 20.4 Å². The maximum Gasteiger partial charge on any atom is 0.432 e. The number of rotatable bonds is 7. The highest BCUT2D eigenvalue weighted by atomic mass is 16.6. The molecule has 11 nitrogen and oxygen atoms in total. The number of hydrogen-bond donors (Lipinski definition) is 2. The lowest BCUT2D eigenvalue weighted by molar-refractivity contribution is -0.121. The standard InChI is InChI=1S/C29H30N6O5/c1-29(2,3)40-28(39)34(22-10-11-23-20(16-22)17-31-35(23)27(37)38)24-13-14-30-26(33-24)19-6-4-5-18(15-19)7-12-25(36)32-21-8-9-21/h4-6,10-11,13-17,21H,7-9,12H2,1-3H3,(H,32,36)(H,37,38). The molecule has 40 heavy (non-hydrogen) atoms. The number of aryl methyl sites for hydroxylation is 1. The largest absolute Gasteiger partial charge is 0.463 e. The van der Waals surface area contributed by atoms with Crippen LogP contribution < -0.4 is 10.2 Å². The Labute approximate surface area is 230 Å². The zero-order valence-electron chi connectivity index (χ0n) is 22.5. The van der Waals surface area contributed by atoms with Crippen LogP contribution in [0.15, 0.2) is 60.9 Å². The second kappa shape index (κ2) is 10.8. The molecule has 11 heteroatoms. The van der Waals surface area contributed by atoms with Crippen LogP contribution in [0, 0.1) is 0 Å². The van der Waals surface area contributed by atoms with Gasteiger partial charge in [0.05, 0.1) is 17.4 Å². The lowest BCUT2D eigenvalue weighted by Gasteiger charge is -2.27. The molecule has 2 heterocycles. The Morgan fingerprint density at radius 2 is 1.93 bits per heavy atom. The first-order chi connectivity index (χ1) is 19.1. The molecule has 1 aliphatic rings. The van der Waals surface area contributed by atoms with Crippen molar-refractivity contribution in [3.8, 4) is 11.4 Å². The Balaban J connectivity index is 1.46. The number of ether oxygens (including phenoxy) is 1. The third-order valence-corrected chi connectivity index (χ3v) is 6.21. The normalized spacial score (nSPS) is 13.2. The molecule has 0 spiro atoms. The lowest BCUT2D eigenvalue weighted by Crippen LogP contribution is -2.34. The molecule has 2 aromatic carbocycles. The predicted molar refractivity (Wildman–Crippen MR) is 148 cm³/mol. The van der Waals surface area contributed by atoms with Crippen LogP contribution in [0.5, 0.6) is 0 Å². The average molecular weight is 543 g/mol. The Morgan fingerprint density at radius 3 is 2.65 bits per heavy atom. The van der Waals surface area contributed by atoms with Crippen LogP contribution in [0.2, 0.25) is 0 Å². The number of nitrogens with one attached hydrogen (secondary N) is 1. The molecule has 2 aromatic heterocycles. The average Bonchev–Trinajstić information content (AvgIpc) is 3.61. The van der Waals surface area contributed by atoms with Crippen molar-refractivity contribution < 1.29 is 24.2 Å². The molecule has 2 amide bonds. The van der Waals surface area contributed by atoms with Gasteiger partial charge < -0.3 is 15.2 Å². The number of aromatic nitrogens is 4. The van der Waals surface area contributed by atoms with Gasteiger partial charge >= 0.3 is 12.2 Å². The molecular formula is C29H30N6O5. The number of carbonyl (C=O) groups is 3. The smallest absolute Gasteiger partial charge is 0.432 e. The lowest BCUT2D eigenvalue weighted by atomic mass is 10.1. The van der Waals surface area contributed by atoms with Crippen LogP contribution >= 0.6 is 0 Å². The molecule has 1 saturated carbocycles. The Bertz CT molecular complexity index is 1590. The van der Waals surface area contributed by atoms with Gasteiger partial charge in [0.2, 0.25) is 5.91 Å². The molecule has 2 N–H and O–H groups in total.